The Hall–Kier alpha value is -1.02. The van der Waals surface area contributed by atoms with Gasteiger partial charge >= 0.3 is 0 Å². The molecule has 2 heteroatoms. The molecule has 2 rings (SSSR count). The van der Waals surface area contributed by atoms with Crippen molar-refractivity contribution >= 4 is 5.69 Å². The van der Waals surface area contributed by atoms with Crippen LogP contribution in [0.25, 0.3) is 0 Å². The maximum absolute atomic E-state index is 5.85. The zero-order valence-corrected chi connectivity index (χ0v) is 10.4. The number of benzene rings is 1. The molecular weight excluding hydrogens is 198 g/mol. The molecule has 0 aliphatic carbocycles. The van der Waals surface area contributed by atoms with Crippen molar-refractivity contribution in [2.75, 3.05) is 11.9 Å². The van der Waals surface area contributed by atoms with Gasteiger partial charge in [-0.3, -0.25) is 0 Å². The van der Waals surface area contributed by atoms with E-state index in [0.29, 0.717) is 12.0 Å². The fraction of sp³-hybridized carbons (Fsp3) is 0.571. The van der Waals surface area contributed by atoms with Gasteiger partial charge in [-0.05, 0) is 25.3 Å². The van der Waals surface area contributed by atoms with Gasteiger partial charge in [0.1, 0.15) is 0 Å². The Kier molecular flexibility index (Phi) is 3.49. The molecule has 0 saturated heterocycles. The van der Waals surface area contributed by atoms with Crippen LogP contribution in [0.2, 0.25) is 0 Å². The lowest BCUT2D eigenvalue weighted by molar-refractivity contribution is 0.0466. The molecule has 88 valence electrons. The highest BCUT2D eigenvalue weighted by Gasteiger charge is 2.27. The van der Waals surface area contributed by atoms with Gasteiger partial charge in [0, 0.05) is 23.9 Å². The summed E-state index contributed by atoms with van der Waals surface area (Å²) in [6, 6.07) is 9.00. The van der Waals surface area contributed by atoms with Crippen molar-refractivity contribution < 1.29 is 4.74 Å². The third-order valence-corrected chi connectivity index (χ3v) is 3.29. The number of ether oxygens (including phenoxy) is 1. The van der Waals surface area contributed by atoms with Gasteiger partial charge in [-0.25, -0.2) is 0 Å². The van der Waals surface area contributed by atoms with Crippen LogP contribution in [0.4, 0.5) is 5.69 Å². The zero-order chi connectivity index (χ0) is 11.5. The molecule has 0 aromatic heterocycles. The van der Waals surface area contributed by atoms with Crippen LogP contribution in [-0.2, 0) is 4.74 Å². The van der Waals surface area contributed by atoms with Crippen LogP contribution in [0.1, 0.15) is 38.9 Å². The van der Waals surface area contributed by atoms with E-state index >= 15 is 0 Å². The van der Waals surface area contributed by atoms with Crippen LogP contribution < -0.4 is 5.32 Å². The van der Waals surface area contributed by atoms with Gasteiger partial charge in [0.05, 0.1) is 6.10 Å². The summed E-state index contributed by atoms with van der Waals surface area (Å²) in [5.74, 6) is 0.635. The largest absolute Gasteiger partial charge is 0.382 e. The van der Waals surface area contributed by atoms with Crippen molar-refractivity contribution in [2.45, 2.75) is 39.3 Å². The second-order valence-electron chi connectivity index (χ2n) is 4.76. The number of rotatable bonds is 3. The van der Waals surface area contributed by atoms with Crippen molar-refractivity contribution in [2.24, 2.45) is 5.92 Å². The fourth-order valence-electron chi connectivity index (χ4n) is 2.32. The Bertz CT molecular complexity index is 348. The Morgan fingerprint density at radius 1 is 1.38 bits per heavy atom. The minimum Gasteiger partial charge on any atom is -0.382 e. The first-order valence-electron chi connectivity index (χ1n) is 6.19. The van der Waals surface area contributed by atoms with Crippen molar-refractivity contribution in [3.05, 3.63) is 29.8 Å². The highest BCUT2D eigenvalue weighted by molar-refractivity contribution is 5.55. The zero-order valence-electron chi connectivity index (χ0n) is 10.4. The molecule has 1 aromatic carbocycles. The lowest BCUT2D eigenvalue weighted by Gasteiger charge is -2.35. The SMILES string of the molecule is CCO[C@@H]1C[C@H](C(C)C)Nc2ccccc21. The van der Waals surface area contributed by atoms with E-state index in [1.54, 1.807) is 0 Å². The van der Waals surface area contributed by atoms with E-state index in [0.717, 1.165) is 13.0 Å². The maximum atomic E-state index is 5.85. The summed E-state index contributed by atoms with van der Waals surface area (Å²) in [5, 5.41) is 3.60. The summed E-state index contributed by atoms with van der Waals surface area (Å²) in [6.07, 6.45) is 1.33. The molecule has 0 radical (unpaired) electrons. The molecule has 16 heavy (non-hydrogen) atoms. The second kappa shape index (κ2) is 4.88. The molecule has 0 bridgehead atoms. The quantitative estimate of drug-likeness (QED) is 0.838. The standard InChI is InChI=1S/C14H21NO/c1-4-16-14-9-13(10(2)3)15-12-8-6-5-7-11(12)14/h5-8,10,13-15H,4,9H2,1-3H3/t13-,14-/m1/s1. The topological polar surface area (TPSA) is 21.3 Å². The highest BCUT2D eigenvalue weighted by atomic mass is 16.5. The predicted octanol–water partition coefficient (Wildman–Crippen LogP) is 3.60. The van der Waals surface area contributed by atoms with Gasteiger partial charge in [-0.2, -0.15) is 0 Å². The Morgan fingerprint density at radius 2 is 2.12 bits per heavy atom. The number of para-hydroxylation sites is 1. The molecule has 1 N–H and O–H groups in total. The normalized spacial score (nSPS) is 24.0. The van der Waals surface area contributed by atoms with Crippen LogP contribution in [0.3, 0.4) is 0 Å². The summed E-state index contributed by atoms with van der Waals surface area (Å²) < 4.78 is 5.85. The number of anilines is 1. The summed E-state index contributed by atoms with van der Waals surface area (Å²) >= 11 is 0. The second-order valence-corrected chi connectivity index (χ2v) is 4.76. The molecule has 1 aliphatic rings. The van der Waals surface area contributed by atoms with Gasteiger partial charge < -0.3 is 10.1 Å². The smallest absolute Gasteiger partial charge is 0.0864 e. The number of hydrogen-bond donors (Lipinski definition) is 1. The molecule has 1 aromatic rings. The fourth-order valence-corrected chi connectivity index (χ4v) is 2.32. The van der Waals surface area contributed by atoms with Crippen LogP contribution in [-0.4, -0.2) is 12.6 Å². The molecule has 2 nitrogen and oxygen atoms in total. The first-order valence-corrected chi connectivity index (χ1v) is 6.19. The first-order chi connectivity index (χ1) is 7.72. The molecule has 0 unspecified atom stereocenters. The summed E-state index contributed by atoms with van der Waals surface area (Å²) in [4.78, 5) is 0. The van der Waals surface area contributed by atoms with E-state index in [2.05, 4.69) is 50.4 Å². The van der Waals surface area contributed by atoms with Crippen molar-refractivity contribution in [1.82, 2.24) is 0 Å². The highest BCUT2D eigenvalue weighted by Crippen LogP contribution is 2.36. The number of fused-ring (bicyclic) bond motifs is 1. The minimum atomic E-state index is 0.259. The molecular formula is C14H21NO. The van der Waals surface area contributed by atoms with E-state index in [4.69, 9.17) is 4.74 Å². The average molecular weight is 219 g/mol. The van der Waals surface area contributed by atoms with E-state index < -0.39 is 0 Å². The Balaban J connectivity index is 2.26. The third-order valence-electron chi connectivity index (χ3n) is 3.29. The summed E-state index contributed by atoms with van der Waals surface area (Å²) in [6.45, 7) is 7.36. The lowest BCUT2D eigenvalue weighted by atomic mass is 9.89. The monoisotopic (exact) mass is 219 g/mol. The van der Waals surface area contributed by atoms with Crippen molar-refractivity contribution in [3.63, 3.8) is 0 Å². The van der Waals surface area contributed by atoms with E-state index in [9.17, 15) is 0 Å². The molecule has 0 fully saturated rings. The summed E-state index contributed by atoms with van der Waals surface area (Å²) in [7, 11) is 0. The van der Waals surface area contributed by atoms with Gasteiger partial charge in [0.25, 0.3) is 0 Å². The van der Waals surface area contributed by atoms with Crippen LogP contribution in [0, 0.1) is 5.92 Å². The average Bonchev–Trinajstić information content (AvgIpc) is 2.29. The van der Waals surface area contributed by atoms with Crippen molar-refractivity contribution in [3.8, 4) is 0 Å². The van der Waals surface area contributed by atoms with Gasteiger partial charge in [-0.15, -0.1) is 0 Å². The predicted molar refractivity (Wildman–Crippen MR) is 67.7 cm³/mol. The minimum absolute atomic E-state index is 0.259. The first kappa shape index (κ1) is 11.5. The lowest BCUT2D eigenvalue weighted by Crippen LogP contribution is -2.33. The molecule has 1 heterocycles. The summed E-state index contributed by atoms with van der Waals surface area (Å²) in [5.41, 5.74) is 2.55. The van der Waals surface area contributed by atoms with E-state index in [-0.39, 0.29) is 6.10 Å². The van der Waals surface area contributed by atoms with E-state index in [1.807, 2.05) is 0 Å². The molecule has 0 saturated carbocycles. The van der Waals surface area contributed by atoms with Gasteiger partial charge in [-0.1, -0.05) is 32.0 Å². The number of nitrogens with one attached hydrogen (secondary N) is 1. The molecule has 0 amide bonds. The molecule has 0 spiro atoms. The molecule has 2 atom stereocenters. The Labute approximate surface area is 98.0 Å². The van der Waals surface area contributed by atoms with Crippen molar-refractivity contribution in [1.29, 1.82) is 0 Å². The van der Waals surface area contributed by atoms with Crippen LogP contribution >= 0.6 is 0 Å². The van der Waals surface area contributed by atoms with E-state index in [1.165, 1.54) is 11.3 Å². The van der Waals surface area contributed by atoms with Crippen LogP contribution in [0.5, 0.6) is 0 Å². The Morgan fingerprint density at radius 3 is 2.81 bits per heavy atom. The van der Waals surface area contributed by atoms with Gasteiger partial charge in [0.15, 0.2) is 0 Å². The number of hydrogen-bond acceptors (Lipinski definition) is 2. The van der Waals surface area contributed by atoms with Gasteiger partial charge in [0.2, 0.25) is 0 Å². The maximum Gasteiger partial charge on any atom is 0.0864 e. The molecule has 1 aliphatic heterocycles. The third kappa shape index (κ3) is 2.22. The van der Waals surface area contributed by atoms with Crippen LogP contribution in [0.15, 0.2) is 24.3 Å².